The molecular weight excluding hydrogens is 525 g/mol. The third-order valence-electron chi connectivity index (χ3n) is 3.45. The van der Waals surface area contributed by atoms with E-state index in [0.717, 1.165) is 8.95 Å². The van der Waals surface area contributed by atoms with Crippen LogP contribution in [0.1, 0.15) is 17.2 Å². The lowest BCUT2D eigenvalue weighted by molar-refractivity contribution is 0.695. The largest absolute Gasteiger partial charge is 0.309 e. The van der Waals surface area contributed by atoms with Crippen molar-refractivity contribution in [2.45, 2.75) is 6.04 Å². The summed E-state index contributed by atoms with van der Waals surface area (Å²) >= 11 is 11.4. The topological polar surface area (TPSA) is 12.0 Å². The van der Waals surface area contributed by atoms with E-state index in [9.17, 15) is 0 Å². The van der Waals surface area contributed by atoms with Crippen LogP contribution in [0.25, 0.3) is 10.1 Å². The molecule has 0 saturated heterocycles. The van der Waals surface area contributed by atoms with Crippen LogP contribution in [-0.2, 0) is 0 Å². The fourth-order valence-electron chi connectivity index (χ4n) is 2.48. The summed E-state index contributed by atoms with van der Waals surface area (Å²) in [6.45, 7) is 0. The van der Waals surface area contributed by atoms with E-state index in [0.29, 0.717) is 0 Å². The Labute approximate surface area is 158 Å². The van der Waals surface area contributed by atoms with Crippen molar-refractivity contribution in [2.24, 2.45) is 0 Å². The molecule has 1 aromatic heterocycles. The van der Waals surface area contributed by atoms with E-state index in [2.05, 4.69) is 102 Å². The molecule has 1 heterocycles. The monoisotopic (exact) mass is 535 g/mol. The van der Waals surface area contributed by atoms with E-state index in [4.69, 9.17) is 0 Å². The highest BCUT2D eigenvalue weighted by Crippen LogP contribution is 2.38. The van der Waals surface area contributed by atoms with E-state index >= 15 is 0 Å². The van der Waals surface area contributed by atoms with E-state index in [1.54, 1.807) is 11.3 Å². The average Bonchev–Trinajstić information content (AvgIpc) is 2.89. The van der Waals surface area contributed by atoms with Gasteiger partial charge in [0.15, 0.2) is 0 Å². The standard InChI is InChI=1S/C16H12Br2INS/c1-20-15(11-7-9(17)5-6-14(11)19)12-8-21-16-10(12)3-2-4-13(16)18/h2-8,15,20H,1H3. The van der Waals surface area contributed by atoms with Crippen LogP contribution in [-0.4, -0.2) is 7.05 Å². The van der Waals surface area contributed by atoms with Crippen molar-refractivity contribution in [1.82, 2.24) is 5.32 Å². The molecule has 1 atom stereocenters. The SMILES string of the molecule is CNC(c1cc(Br)ccc1I)c1csc2c(Br)cccc12. The second-order valence-electron chi connectivity index (χ2n) is 4.70. The van der Waals surface area contributed by atoms with Crippen LogP contribution >= 0.6 is 65.8 Å². The third kappa shape index (κ3) is 3.08. The van der Waals surface area contributed by atoms with Gasteiger partial charge < -0.3 is 5.32 Å². The molecular formula is C16H12Br2INS. The summed E-state index contributed by atoms with van der Waals surface area (Å²) < 4.78 is 4.84. The Hall–Kier alpha value is 0.0500. The van der Waals surface area contributed by atoms with Gasteiger partial charge in [-0.15, -0.1) is 11.3 Å². The zero-order valence-electron chi connectivity index (χ0n) is 11.2. The Morgan fingerprint density at radius 2 is 1.95 bits per heavy atom. The van der Waals surface area contributed by atoms with E-state index in [1.165, 1.54) is 24.8 Å². The lowest BCUT2D eigenvalue weighted by Crippen LogP contribution is -2.18. The second kappa shape index (κ2) is 6.66. The molecule has 0 aliphatic heterocycles. The Bertz CT molecular complexity index is 800. The van der Waals surface area contributed by atoms with Crippen LogP contribution in [0, 0.1) is 3.57 Å². The maximum Gasteiger partial charge on any atom is 0.0599 e. The highest BCUT2D eigenvalue weighted by Gasteiger charge is 2.19. The zero-order chi connectivity index (χ0) is 15.0. The summed E-state index contributed by atoms with van der Waals surface area (Å²) in [5.41, 5.74) is 2.63. The Kier molecular flexibility index (Phi) is 5.05. The number of rotatable bonds is 3. The number of hydrogen-bond acceptors (Lipinski definition) is 2. The van der Waals surface area contributed by atoms with Gasteiger partial charge in [0.25, 0.3) is 0 Å². The van der Waals surface area contributed by atoms with Gasteiger partial charge in [0.2, 0.25) is 0 Å². The first-order chi connectivity index (χ1) is 10.1. The zero-order valence-corrected chi connectivity index (χ0v) is 17.3. The quantitative estimate of drug-likeness (QED) is 0.385. The van der Waals surface area contributed by atoms with Crippen LogP contribution in [0.5, 0.6) is 0 Å². The molecule has 0 spiro atoms. The van der Waals surface area contributed by atoms with Gasteiger partial charge in [-0.25, -0.2) is 0 Å². The number of benzene rings is 2. The van der Waals surface area contributed by atoms with Crippen molar-refractivity contribution < 1.29 is 0 Å². The molecule has 0 aliphatic carbocycles. The van der Waals surface area contributed by atoms with Crippen LogP contribution in [0.2, 0.25) is 0 Å². The average molecular weight is 537 g/mol. The number of nitrogens with one attached hydrogen (secondary N) is 1. The van der Waals surface area contributed by atoms with Crippen LogP contribution in [0.4, 0.5) is 0 Å². The summed E-state index contributed by atoms with van der Waals surface area (Å²) in [6, 6.07) is 13.0. The molecule has 108 valence electrons. The summed E-state index contributed by atoms with van der Waals surface area (Å²) in [6.07, 6.45) is 0. The molecule has 0 aliphatic rings. The van der Waals surface area contributed by atoms with Crippen LogP contribution < -0.4 is 5.32 Å². The van der Waals surface area contributed by atoms with Crippen molar-refractivity contribution in [3.63, 3.8) is 0 Å². The molecule has 0 fully saturated rings. The van der Waals surface area contributed by atoms with Gasteiger partial charge in [0.1, 0.15) is 0 Å². The third-order valence-corrected chi connectivity index (χ3v) is 6.90. The minimum atomic E-state index is 0.192. The molecule has 0 saturated carbocycles. The number of fused-ring (bicyclic) bond motifs is 1. The lowest BCUT2D eigenvalue weighted by Gasteiger charge is -2.18. The minimum absolute atomic E-state index is 0.192. The molecule has 5 heteroatoms. The van der Waals surface area contributed by atoms with Gasteiger partial charge in [-0.2, -0.15) is 0 Å². The molecule has 1 nitrogen and oxygen atoms in total. The summed E-state index contributed by atoms with van der Waals surface area (Å²) in [4.78, 5) is 0. The van der Waals surface area contributed by atoms with Gasteiger partial charge in [-0.05, 0) is 91.7 Å². The predicted molar refractivity (Wildman–Crippen MR) is 107 cm³/mol. The van der Waals surface area contributed by atoms with Gasteiger partial charge in [0.05, 0.1) is 6.04 Å². The Balaban J connectivity index is 2.19. The fraction of sp³-hybridized carbons (Fsp3) is 0.125. The summed E-state index contributed by atoms with van der Waals surface area (Å²) in [5, 5.41) is 7.03. The second-order valence-corrected chi connectivity index (χ2v) is 8.51. The van der Waals surface area contributed by atoms with Crippen molar-refractivity contribution in [3.05, 3.63) is 65.4 Å². The van der Waals surface area contributed by atoms with Gasteiger partial charge in [-0.1, -0.05) is 28.1 Å². The Morgan fingerprint density at radius 3 is 2.71 bits per heavy atom. The van der Waals surface area contributed by atoms with Crippen LogP contribution in [0.3, 0.4) is 0 Å². The normalized spacial score (nSPS) is 12.8. The molecule has 0 radical (unpaired) electrons. The molecule has 1 N–H and O–H groups in total. The fourth-order valence-corrected chi connectivity index (χ4v) is 5.15. The first-order valence-corrected chi connectivity index (χ1v) is 9.94. The predicted octanol–water partition coefficient (Wildman–Crippen LogP) is 6.34. The van der Waals surface area contributed by atoms with E-state index in [1.807, 2.05) is 7.05 Å². The van der Waals surface area contributed by atoms with Crippen molar-refractivity contribution in [2.75, 3.05) is 7.05 Å². The van der Waals surface area contributed by atoms with Gasteiger partial charge in [0, 0.05) is 17.2 Å². The lowest BCUT2D eigenvalue weighted by atomic mass is 9.98. The van der Waals surface area contributed by atoms with E-state index < -0.39 is 0 Å². The highest BCUT2D eigenvalue weighted by atomic mass is 127. The number of thiophene rings is 1. The molecule has 1 unspecified atom stereocenters. The maximum absolute atomic E-state index is 3.64. The number of halogens is 3. The maximum atomic E-state index is 3.64. The van der Waals surface area contributed by atoms with Crippen molar-refractivity contribution >= 4 is 75.9 Å². The van der Waals surface area contributed by atoms with Crippen LogP contribution in [0.15, 0.2) is 50.7 Å². The number of hydrogen-bond donors (Lipinski definition) is 1. The smallest absolute Gasteiger partial charge is 0.0599 e. The molecule has 3 aromatic rings. The summed E-state index contributed by atoms with van der Waals surface area (Å²) in [5.74, 6) is 0. The molecule has 0 amide bonds. The first kappa shape index (κ1) is 15.9. The minimum Gasteiger partial charge on any atom is -0.309 e. The summed E-state index contributed by atoms with van der Waals surface area (Å²) in [7, 11) is 2.02. The molecule has 21 heavy (non-hydrogen) atoms. The molecule has 2 aromatic carbocycles. The van der Waals surface area contributed by atoms with Gasteiger partial charge in [-0.3, -0.25) is 0 Å². The first-order valence-electron chi connectivity index (χ1n) is 6.39. The highest BCUT2D eigenvalue weighted by molar-refractivity contribution is 14.1. The molecule has 3 rings (SSSR count). The molecule has 0 bridgehead atoms. The van der Waals surface area contributed by atoms with E-state index in [-0.39, 0.29) is 6.04 Å². The van der Waals surface area contributed by atoms with Gasteiger partial charge >= 0.3 is 0 Å². The Morgan fingerprint density at radius 1 is 1.14 bits per heavy atom. The van der Waals surface area contributed by atoms with Crippen molar-refractivity contribution in [3.8, 4) is 0 Å². The van der Waals surface area contributed by atoms with Crippen molar-refractivity contribution in [1.29, 1.82) is 0 Å².